The van der Waals surface area contributed by atoms with Gasteiger partial charge in [0, 0.05) is 0 Å². The van der Waals surface area contributed by atoms with Crippen LogP contribution in [0.4, 0.5) is 0 Å². The summed E-state index contributed by atoms with van der Waals surface area (Å²) in [5.41, 5.74) is 0. The van der Waals surface area contributed by atoms with E-state index in [-0.39, 0.29) is 142 Å². The maximum atomic E-state index is 10.4. The van der Waals surface area contributed by atoms with Crippen molar-refractivity contribution in [3.8, 4) is 0 Å². The number of hydrogen-bond donors (Lipinski definition) is 8. The molecule has 10 N–H and O–H groups in total. The SMILES string of the molecule is O.O=P([O-])([O-])OC[C@H]1O[C@](O)(COP(=O)([O-])O)[C@@H](O)[C@@H]1O.O=P([O-])([O-])OC[C@H]1O[C@](O)(COP(=O)([O-])O)[C@@H](O)[C@@H]1O.[Sr+2].[Sr+2].[Sr+2]. The summed E-state index contributed by atoms with van der Waals surface area (Å²) < 4.78 is 65.7. The molecule has 0 amide bonds. The molecule has 44 heavy (non-hydrogen) atoms. The molecule has 2 heterocycles. The molecule has 2 fully saturated rings. The Morgan fingerprint density at radius 3 is 1.05 bits per heavy atom. The molecule has 2 aliphatic heterocycles. The van der Waals surface area contributed by atoms with Crippen molar-refractivity contribution in [2.45, 2.75) is 48.2 Å². The summed E-state index contributed by atoms with van der Waals surface area (Å²) in [7, 11) is -21.2. The molecule has 10 atom stereocenters. The van der Waals surface area contributed by atoms with Gasteiger partial charge < -0.3 is 112 Å². The summed E-state index contributed by atoms with van der Waals surface area (Å²) in [5.74, 6) is -5.49. The van der Waals surface area contributed by atoms with Gasteiger partial charge in [0.25, 0.3) is 15.6 Å². The minimum atomic E-state index is -5.37. The molecule has 0 spiro atoms. The molecule has 2 rings (SSSR count). The Bertz CT molecular complexity index is 952. The van der Waals surface area contributed by atoms with E-state index in [1.54, 1.807) is 0 Å². The van der Waals surface area contributed by atoms with Crippen molar-refractivity contribution in [3.05, 3.63) is 0 Å². The molecule has 2 saturated heterocycles. The number of phosphoric ester groups is 4. The van der Waals surface area contributed by atoms with E-state index < -0.39 is 106 Å². The normalized spacial score (nSPS) is 34.4. The van der Waals surface area contributed by atoms with Gasteiger partial charge in [-0.25, -0.2) is 0 Å². The smallest absolute Gasteiger partial charge is 0.790 e. The second kappa shape index (κ2) is 21.9. The molecule has 0 aromatic rings. The minimum absolute atomic E-state index is 0. The van der Waals surface area contributed by atoms with Crippen molar-refractivity contribution in [2.75, 3.05) is 26.4 Å². The summed E-state index contributed by atoms with van der Waals surface area (Å²) >= 11 is 0. The number of phosphoric acid groups is 4. The van der Waals surface area contributed by atoms with E-state index in [9.17, 15) is 78.3 Å². The third kappa shape index (κ3) is 20.5. The van der Waals surface area contributed by atoms with Crippen LogP contribution in [-0.4, -0.2) is 257 Å². The summed E-state index contributed by atoms with van der Waals surface area (Å²) in [6, 6.07) is 0. The Morgan fingerprint density at radius 1 is 0.591 bits per heavy atom. The zero-order valence-electron chi connectivity index (χ0n) is 21.8. The Balaban J connectivity index is -0.000000333. The van der Waals surface area contributed by atoms with E-state index in [1.165, 1.54) is 0 Å². The molecule has 2 aliphatic rings. The van der Waals surface area contributed by atoms with E-state index in [0.29, 0.717) is 0 Å². The molecule has 32 heteroatoms. The third-order valence-corrected chi connectivity index (χ3v) is 6.55. The average Bonchev–Trinajstić information content (AvgIpc) is 3.12. The van der Waals surface area contributed by atoms with Crippen LogP contribution in [0.2, 0.25) is 0 Å². The number of rotatable bonds is 12. The summed E-state index contributed by atoms with van der Waals surface area (Å²) in [6.45, 7) is -4.57. The Labute approximate surface area is 357 Å². The number of aliphatic hydroxyl groups excluding tert-OH is 4. The van der Waals surface area contributed by atoms with Gasteiger partial charge in [-0.3, -0.25) is 9.13 Å². The molecule has 0 aliphatic carbocycles. The fourth-order valence-electron chi connectivity index (χ4n) is 2.93. The van der Waals surface area contributed by atoms with Gasteiger partial charge in [0.15, 0.2) is 0 Å². The van der Waals surface area contributed by atoms with Crippen LogP contribution in [0.15, 0.2) is 0 Å². The largest absolute Gasteiger partial charge is 2.00 e. The Hall–Kier alpha value is 4.52. The zero-order valence-corrected chi connectivity index (χ0v) is 35.8. The van der Waals surface area contributed by atoms with E-state index in [1.807, 2.05) is 0 Å². The first-order chi connectivity index (χ1) is 17.7. The standard InChI is InChI=1S/2C6H14O12P2.H2O.3Sr/c2*7-4-3(1-16-19(10,11)12)18-6(9,5(4)8)2-17-20(13,14)15;;;;/h2*3-5,7-9H,1-2H2,(H2,10,11,12)(H2,13,14,15);1H2;;;/q;;;3*+2/p-6/t2*3-,4-,5+,6-;;;;/m11..../s1. The fraction of sp³-hybridized carbons (Fsp3) is 1.00. The molecular formula is C12H24O25P4Sr3. The monoisotopic (exact) mass is 956 g/mol. The Kier molecular flexibility index (Phi) is 27.5. The quantitative estimate of drug-likeness (QED) is 0.0665. The Morgan fingerprint density at radius 2 is 0.841 bits per heavy atom. The van der Waals surface area contributed by atoms with E-state index in [0.717, 1.165) is 0 Å². The van der Waals surface area contributed by atoms with Crippen LogP contribution >= 0.6 is 31.3 Å². The van der Waals surface area contributed by atoms with Gasteiger partial charge in [0.05, 0.1) is 28.9 Å². The molecule has 0 aromatic heterocycles. The van der Waals surface area contributed by atoms with Gasteiger partial charge in [0.2, 0.25) is 11.6 Å². The number of aliphatic hydroxyl groups is 6. The number of hydrogen-bond acceptors (Lipinski definition) is 22. The zero-order chi connectivity index (χ0) is 31.5. The van der Waals surface area contributed by atoms with Crippen molar-refractivity contribution in [3.63, 3.8) is 0 Å². The van der Waals surface area contributed by atoms with Crippen LogP contribution in [0.3, 0.4) is 0 Å². The summed E-state index contributed by atoms with van der Waals surface area (Å²) in [5, 5.41) is 57.2. The van der Waals surface area contributed by atoms with Crippen molar-refractivity contribution >= 4 is 168 Å². The van der Waals surface area contributed by atoms with Crippen molar-refractivity contribution in [1.29, 1.82) is 0 Å². The van der Waals surface area contributed by atoms with Crippen molar-refractivity contribution < 1.29 is 121 Å². The van der Waals surface area contributed by atoms with Crippen LogP contribution in [0.1, 0.15) is 0 Å². The number of ether oxygens (including phenoxy) is 2. The molecule has 0 saturated carbocycles. The topological polar surface area (TPSA) is 455 Å². The molecular weight excluding hydrogens is 931 g/mol. The van der Waals surface area contributed by atoms with E-state index in [2.05, 4.69) is 27.6 Å². The van der Waals surface area contributed by atoms with Gasteiger partial charge >= 0.3 is 136 Å². The molecule has 25 nitrogen and oxygen atoms in total. The van der Waals surface area contributed by atoms with Crippen molar-refractivity contribution in [1.82, 2.24) is 0 Å². The minimum Gasteiger partial charge on any atom is -0.790 e. The van der Waals surface area contributed by atoms with Crippen LogP contribution in [0.5, 0.6) is 0 Å². The predicted octanol–water partition coefficient (Wildman–Crippen LogP) is -11.7. The van der Waals surface area contributed by atoms with E-state index >= 15 is 0 Å². The van der Waals surface area contributed by atoms with Gasteiger partial charge in [-0.1, -0.05) is 0 Å². The van der Waals surface area contributed by atoms with Gasteiger partial charge in [-0.15, -0.1) is 0 Å². The second-order valence-corrected chi connectivity index (χ2v) is 12.5. The summed E-state index contributed by atoms with van der Waals surface area (Å²) in [6.07, 6.45) is -11.3. The maximum Gasteiger partial charge on any atom is 2.00 e. The first-order valence-corrected chi connectivity index (χ1v) is 15.8. The first kappa shape index (κ1) is 55.3. The van der Waals surface area contributed by atoms with Gasteiger partial charge in [-0.05, 0) is 0 Å². The first-order valence-electron chi connectivity index (χ1n) is 9.90. The molecule has 248 valence electrons. The maximum absolute atomic E-state index is 10.4. The van der Waals surface area contributed by atoms with Gasteiger partial charge in [-0.2, -0.15) is 0 Å². The van der Waals surface area contributed by atoms with Gasteiger partial charge in [0.1, 0.15) is 49.8 Å². The molecule has 2 unspecified atom stereocenters. The van der Waals surface area contributed by atoms with Crippen molar-refractivity contribution in [2.24, 2.45) is 0 Å². The van der Waals surface area contributed by atoms with E-state index in [4.69, 9.17) is 9.79 Å². The molecule has 0 aromatic carbocycles. The molecule has 0 radical (unpaired) electrons. The van der Waals surface area contributed by atoms with Crippen LogP contribution in [-0.2, 0) is 45.8 Å². The molecule has 0 bridgehead atoms. The summed E-state index contributed by atoms with van der Waals surface area (Å²) in [4.78, 5) is 78.4. The van der Waals surface area contributed by atoms with Crippen LogP contribution < -0.4 is 29.4 Å². The third-order valence-electron chi connectivity index (χ3n) is 4.71. The predicted molar refractivity (Wildman–Crippen MR) is 123 cm³/mol. The van der Waals surface area contributed by atoms with Crippen LogP contribution in [0, 0.1) is 0 Å². The average molecular weight is 955 g/mol. The van der Waals surface area contributed by atoms with Crippen LogP contribution in [0.25, 0.3) is 0 Å². The second-order valence-electron chi connectivity index (χ2n) is 7.84. The fourth-order valence-corrected chi connectivity index (χ4v) is 4.28.